The molecule has 0 saturated carbocycles. The standard InChI is InChI=1S/C26H27BrN4O2S/c27-21-11-9-20(10-12-21)25(32)30(16-5-14-28)15-4-8-23-29-24-22(13-17-34-24)26(33)31(23)18-19-6-2-1-3-7-19/h1-3,6-7,9-13,17H,4-5,8,14-16,18,28H2. The molecule has 4 aromatic rings. The molecule has 0 fully saturated rings. The van der Waals surface area contributed by atoms with Crippen molar-refractivity contribution in [2.75, 3.05) is 19.6 Å². The van der Waals surface area contributed by atoms with Gasteiger partial charge in [-0.2, -0.15) is 0 Å². The van der Waals surface area contributed by atoms with Crippen molar-refractivity contribution in [2.24, 2.45) is 5.73 Å². The lowest BCUT2D eigenvalue weighted by atomic mass is 10.1. The number of rotatable bonds is 10. The Labute approximate surface area is 211 Å². The third kappa shape index (κ3) is 5.81. The minimum absolute atomic E-state index is 0.00991. The molecule has 0 bridgehead atoms. The van der Waals surface area contributed by atoms with E-state index in [1.807, 2.05) is 70.9 Å². The zero-order chi connectivity index (χ0) is 23.9. The third-order valence-corrected chi connectivity index (χ3v) is 7.02. The normalized spacial score (nSPS) is 11.1. The zero-order valence-electron chi connectivity index (χ0n) is 18.8. The van der Waals surface area contributed by atoms with Gasteiger partial charge in [-0.05, 0) is 60.7 Å². The first-order chi connectivity index (χ1) is 16.6. The van der Waals surface area contributed by atoms with Gasteiger partial charge in [0, 0.05) is 29.5 Å². The summed E-state index contributed by atoms with van der Waals surface area (Å²) in [5, 5.41) is 2.56. The predicted octanol–water partition coefficient (Wildman–Crippen LogP) is 4.69. The van der Waals surface area contributed by atoms with E-state index in [-0.39, 0.29) is 11.5 Å². The number of amides is 1. The van der Waals surface area contributed by atoms with Gasteiger partial charge in [-0.15, -0.1) is 11.3 Å². The molecule has 2 aromatic heterocycles. The van der Waals surface area contributed by atoms with Crippen LogP contribution in [0.4, 0.5) is 0 Å². The predicted molar refractivity (Wildman–Crippen MR) is 141 cm³/mol. The zero-order valence-corrected chi connectivity index (χ0v) is 21.2. The van der Waals surface area contributed by atoms with E-state index in [2.05, 4.69) is 15.9 Å². The van der Waals surface area contributed by atoms with E-state index in [1.165, 1.54) is 11.3 Å². The maximum absolute atomic E-state index is 13.2. The number of carbonyl (C=O) groups excluding carboxylic acids is 1. The summed E-state index contributed by atoms with van der Waals surface area (Å²) in [7, 11) is 0. The Hall–Kier alpha value is -2.81. The molecule has 0 saturated heterocycles. The van der Waals surface area contributed by atoms with Crippen LogP contribution in [0, 0.1) is 0 Å². The molecule has 0 radical (unpaired) electrons. The van der Waals surface area contributed by atoms with Gasteiger partial charge in [0.1, 0.15) is 10.7 Å². The Morgan fingerprint density at radius 3 is 2.50 bits per heavy atom. The van der Waals surface area contributed by atoms with Crippen LogP contribution in [0.25, 0.3) is 10.2 Å². The molecule has 2 N–H and O–H groups in total. The Kier molecular flexibility index (Phi) is 8.26. The number of benzene rings is 2. The van der Waals surface area contributed by atoms with E-state index in [4.69, 9.17) is 10.7 Å². The van der Waals surface area contributed by atoms with E-state index in [9.17, 15) is 9.59 Å². The molecule has 2 heterocycles. The van der Waals surface area contributed by atoms with Crippen molar-refractivity contribution in [3.05, 3.63) is 97.8 Å². The third-order valence-electron chi connectivity index (χ3n) is 5.68. The average molecular weight is 539 g/mol. The first-order valence-electron chi connectivity index (χ1n) is 11.3. The van der Waals surface area contributed by atoms with Gasteiger partial charge in [0.15, 0.2) is 0 Å². The number of carbonyl (C=O) groups is 1. The van der Waals surface area contributed by atoms with E-state index >= 15 is 0 Å². The molecule has 0 aliphatic heterocycles. The maximum Gasteiger partial charge on any atom is 0.262 e. The van der Waals surface area contributed by atoms with E-state index in [0.29, 0.717) is 50.0 Å². The van der Waals surface area contributed by atoms with E-state index < -0.39 is 0 Å². The molecular formula is C26H27BrN4O2S. The highest BCUT2D eigenvalue weighted by Gasteiger charge is 2.17. The van der Waals surface area contributed by atoms with Crippen molar-refractivity contribution in [3.63, 3.8) is 0 Å². The minimum atomic E-state index is -0.0176. The fourth-order valence-electron chi connectivity index (χ4n) is 3.91. The molecule has 1 amide bonds. The van der Waals surface area contributed by atoms with E-state index in [0.717, 1.165) is 27.1 Å². The molecule has 8 heteroatoms. The van der Waals surface area contributed by atoms with E-state index in [1.54, 1.807) is 4.57 Å². The van der Waals surface area contributed by atoms with Gasteiger partial charge >= 0.3 is 0 Å². The number of thiophene rings is 1. The molecule has 0 aliphatic rings. The SMILES string of the molecule is NCCCN(CCCc1nc2sccc2c(=O)n1Cc1ccccc1)C(=O)c1ccc(Br)cc1. The lowest BCUT2D eigenvalue weighted by Gasteiger charge is -2.23. The second kappa shape index (κ2) is 11.6. The number of nitrogens with two attached hydrogens (primary N) is 1. The average Bonchev–Trinajstić information content (AvgIpc) is 3.33. The Morgan fingerprint density at radius 1 is 1.03 bits per heavy atom. The van der Waals surface area contributed by atoms with Crippen molar-refractivity contribution >= 4 is 43.4 Å². The maximum atomic E-state index is 13.2. The Morgan fingerprint density at radius 2 is 1.76 bits per heavy atom. The number of aryl methyl sites for hydroxylation is 1. The van der Waals surface area contributed by atoms with Crippen molar-refractivity contribution in [3.8, 4) is 0 Å². The summed E-state index contributed by atoms with van der Waals surface area (Å²) in [6, 6.07) is 19.2. The topological polar surface area (TPSA) is 81.2 Å². The highest BCUT2D eigenvalue weighted by molar-refractivity contribution is 9.10. The van der Waals surface area contributed by atoms with Crippen molar-refractivity contribution in [2.45, 2.75) is 25.8 Å². The lowest BCUT2D eigenvalue weighted by molar-refractivity contribution is 0.0752. The highest BCUT2D eigenvalue weighted by atomic mass is 79.9. The summed E-state index contributed by atoms with van der Waals surface area (Å²) < 4.78 is 2.70. The van der Waals surface area contributed by atoms with Gasteiger partial charge in [0.2, 0.25) is 0 Å². The van der Waals surface area contributed by atoms with Gasteiger partial charge in [-0.25, -0.2) is 4.98 Å². The molecule has 0 atom stereocenters. The molecule has 0 unspecified atom stereocenters. The highest BCUT2D eigenvalue weighted by Crippen LogP contribution is 2.18. The number of hydrogen-bond donors (Lipinski definition) is 1. The van der Waals surface area contributed by atoms with Crippen LogP contribution in [-0.2, 0) is 13.0 Å². The Balaban J connectivity index is 1.54. The molecule has 0 aliphatic carbocycles. The second-order valence-electron chi connectivity index (χ2n) is 8.09. The summed E-state index contributed by atoms with van der Waals surface area (Å²) in [4.78, 5) is 33.8. The molecule has 34 heavy (non-hydrogen) atoms. The van der Waals surface area contributed by atoms with Crippen molar-refractivity contribution < 1.29 is 4.79 Å². The summed E-state index contributed by atoms with van der Waals surface area (Å²) in [5.74, 6) is 0.739. The van der Waals surface area contributed by atoms with Crippen molar-refractivity contribution in [1.29, 1.82) is 0 Å². The number of fused-ring (bicyclic) bond motifs is 1. The van der Waals surface area contributed by atoms with Gasteiger partial charge in [0.05, 0.1) is 11.9 Å². The van der Waals surface area contributed by atoms with Crippen LogP contribution in [0.1, 0.15) is 34.6 Å². The minimum Gasteiger partial charge on any atom is -0.339 e. The first kappa shape index (κ1) is 24.3. The number of nitrogens with zero attached hydrogens (tertiary/aromatic N) is 3. The smallest absolute Gasteiger partial charge is 0.262 e. The van der Waals surface area contributed by atoms with Gasteiger partial charge < -0.3 is 10.6 Å². The largest absolute Gasteiger partial charge is 0.339 e. The van der Waals surface area contributed by atoms with Crippen LogP contribution in [-0.4, -0.2) is 40.0 Å². The lowest BCUT2D eigenvalue weighted by Crippen LogP contribution is -2.34. The van der Waals surface area contributed by atoms with Crippen LogP contribution in [0.2, 0.25) is 0 Å². The molecule has 0 spiro atoms. The number of halogens is 1. The van der Waals surface area contributed by atoms with Gasteiger partial charge in [0.25, 0.3) is 11.5 Å². The van der Waals surface area contributed by atoms with Crippen molar-refractivity contribution in [1.82, 2.24) is 14.5 Å². The molecule has 176 valence electrons. The van der Waals surface area contributed by atoms with Crippen LogP contribution in [0.5, 0.6) is 0 Å². The monoisotopic (exact) mass is 538 g/mol. The summed E-state index contributed by atoms with van der Waals surface area (Å²) >= 11 is 4.89. The molecular weight excluding hydrogens is 512 g/mol. The summed E-state index contributed by atoms with van der Waals surface area (Å²) in [5.41, 5.74) is 7.40. The van der Waals surface area contributed by atoms with Gasteiger partial charge in [-0.1, -0.05) is 46.3 Å². The summed E-state index contributed by atoms with van der Waals surface area (Å²) in [6.45, 7) is 2.16. The number of hydrogen-bond acceptors (Lipinski definition) is 5. The molecule has 4 rings (SSSR count). The van der Waals surface area contributed by atoms with Crippen LogP contribution in [0.15, 0.2) is 75.3 Å². The fourth-order valence-corrected chi connectivity index (χ4v) is 4.95. The Bertz CT molecular complexity index is 1300. The van der Waals surface area contributed by atoms with Crippen LogP contribution in [0.3, 0.4) is 0 Å². The quantitative estimate of drug-likeness (QED) is 0.317. The first-order valence-corrected chi connectivity index (χ1v) is 13.0. The summed E-state index contributed by atoms with van der Waals surface area (Å²) in [6.07, 6.45) is 2.04. The van der Waals surface area contributed by atoms with Crippen LogP contribution < -0.4 is 11.3 Å². The molecule has 2 aromatic carbocycles. The number of aromatic nitrogens is 2. The fraction of sp³-hybridized carbons (Fsp3) is 0.269. The second-order valence-corrected chi connectivity index (χ2v) is 9.90. The van der Waals surface area contributed by atoms with Gasteiger partial charge in [-0.3, -0.25) is 14.2 Å². The molecule has 6 nitrogen and oxygen atoms in total. The van der Waals surface area contributed by atoms with Crippen LogP contribution >= 0.6 is 27.3 Å².